The second-order valence-corrected chi connectivity index (χ2v) is 6.63. The summed E-state index contributed by atoms with van der Waals surface area (Å²) in [7, 11) is 0. The van der Waals surface area contributed by atoms with Crippen molar-refractivity contribution in [3.63, 3.8) is 0 Å². The molecule has 0 bridgehead atoms. The van der Waals surface area contributed by atoms with E-state index < -0.39 is 0 Å². The van der Waals surface area contributed by atoms with Crippen LogP contribution in [-0.2, 0) is 13.1 Å². The molecule has 2 aromatic carbocycles. The summed E-state index contributed by atoms with van der Waals surface area (Å²) in [6.07, 6.45) is 2.96. The lowest BCUT2D eigenvalue weighted by molar-refractivity contribution is 0.167. The quantitative estimate of drug-likeness (QED) is 0.737. The molecular formula is C22H23N3O. The summed E-state index contributed by atoms with van der Waals surface area (Å²) in [6, 6.07) is 22.5. The third-order valence-electron chi connectivity index (χ3n) is 5.02. The number of nitrogens with one attached hydrogen (secondary N) is 1. The molecular weight excluding hydrogens is 322 g/mol. The van der Waals surface area contributed by atoms with E-state index in [2.05, 4.69) is 53.3 Å². The molecule has 0 saturated heterocycles. The highest BCUT2D eigenvalue weighted by molar-refractivity contribution is 5.75. The number of rotatable bonds is 3. The molecule has 0 fully saturated rings. The van der Waals surface area contributed by atoms with Crippen molar-refractivity contribution in [2.45, 2.75) is 32.5 Å². The summed E-state index contributed by atoms with van der Waals surface area (Å²) < 4.78 is 2.22. The van der Waals surface area contributed by atoms with Crippen molar-refractivity contribution in [3.8, 4) is 5.69 Å². The number of amides is 2. The second-order valence-electron chi connectivity index (χ2n) is 6.63. The van der Waals surface area contributed by atoms with Gasteiger partial charge in [0.2, 0.25) is 0 Å². The van der Waals surface area contributed by atoms with Gasteiger partial charge in [0.1, 0.15) is 0 Å². The molecule has 0 spiro atoms. The average molecular weight is 345 g/mol. The molecule has 1 aromatic heterocycles. The maximum absolute atomic E-state index is 13.0. The second kappa shape index (κ2) is 7.08. The van der Waals surface area contributed by atoms with Gasteiger partial charge in [-0.25, -0.2) is 4.79 Å². The van der Waals surface area contributed by atoms with Gasteiger partial charge in [0.15, 0.2) is 0 Å². The zero-order chi connectivity index (χ0) is 17.9. The lowest BCUT2D eigenvalue weighted by atomic mass is 10.1. The van der Waals surface area contributed by atoms with Gasteiger partial charge in [0, 0.05) is 18.4 Å². The molecule has 4 nitrogen and oxygen atoms in total. The number of para-hydroxylation sites is 1. The normalized spacial score (nSPS) is 15.7. The van der Waals surface area contributed by atoms with Crippen LogP contribution in [0.3, 0.4) is 0 Å². The van der Waals surface area contributed by atoms with E-state index in [-0.39, 0.29) is 12.1 Å². The van der Waals surface area contributed by atoms with E-state index in [0.717, 1.165) is 28.9 Å². The van der Waals surface area contributed by atoms with Crippen molar-refractivity contribution in [1.29, 1.82) is 0 Å². The molecule has 0 unspecified atom stereocenters. The predicted octanol–water partition coefficient (Wildman–Crippen LogP) is 4.65. The summed E-state index contributed by atoms with van der Waals surface area (Å²) in [5.41, 5.74) is 4.58. The number of nitrogens with zero attached hydrogens (tertiary/aromatic N) is 2. The summed E-state index contributed by atoms with van der Waals surface area (Å²) in [4.78, 5) is 15.0. The predicted molar refractivity (Wildman–Crippen MR) is 103 cm³/mol. The van der Waals surface area contributed by atoms with Crippen LogP contribution in [0, 0.1) is 0 Å². The molecule has 1 aliphatic rings. The van der Waals surface area contributed by atoms with Crippen molar-refractivity contribution in [2.75, 3.05) is 0 Å². The Kier molecular flexibility index (Phi) is 4.48. The third kappa shape index (κ3) is 2.99. The lowest BCUT2D eigenvalue weighted by Crippen LogP contribution is -2.41. The Labute approximate surface area is 154 Å². The molecule has 26 heavy (non-hydrogen) atoms. The van der Waals surface area contributed by atoms with Crippen LogP contribution in [0.15, 0.2) is 72.9 Å². The Morgan fingerprint density at radius 3 is 2.62 bits per heavy atom. The van der Waals surface area contributed by atoms with Gasteiger partial charge in [0.25, 0.3) is 0 Å². The monoisotopic (exact) mass is 345 g/mol. The maximum Gasteiger partial charge on any atom is 0.318 e. The van der Waals surface area contributed by atoms with Crippen LogP contribution in [0.2, 0.25) is 0 Å². The van der Waals surface area contributed by atoms with E-state index in [4.69, 9.17) is 0 Å². The Bertz CT molecular complexity index is 901. The number of fused-ring (bicyclic) bond motifs is 3. The number of hydrogen-bond donors (Lipinski definition) is 1. The fourth-order valence-electron chi connectivity index (χ4n) is 3.74. The molecule has 132 valence electrons. The van der Waals surface area contributed by atoms with Crippen molar-refractivity contribution < 1.29 is 4.79 Å². The molecule has 0 saturated carbocycles. The molecule has 4 heteroatoms. The Hall–Kier alpha value is -3.01. The summed E-state index contributed by atoms with van der Waals surface area (Å²) in [5.74, 6) is 0. The van der Waals surface area contributed by atoms with E-state index >= 15 is 0 Å². The van der Waals surface area contributed by atoms with Crippen LogP contribution >= 0.6 is 0 Å². The van der Waals surface area contributed by atoms with Crippen LogP contribution in [0.25, 0.3) is 5.69 Å². The van der Waals surface area contributed by atoms with Gasteiger partial charge in [-0.05, 0) is 35.7 Å². The van der Waals surface area contributed by atoms with Crippen LogP contribution in [-0.4, -0.2) is 15.5 Å². The number of benzene rings is 2. The Balaban J connectivity index is 1.64. The van der Waals surface area contributed by atoms with Gasteiger partial charge < -0.3 is 14.8 Å². The number of carbonyl (C=O) groups excluding carboxylic acids is 1. The number of carbonyl (C=O) groups is 1. The standard InChI is InChI=1S/C22H23N3O/c1-2-19-21-13-8-14-24(21)20-12-7-6-11-18(20)16-25(19)22(26)23-15-17-9-4-3-5-10-17/h3-14,19H,2,15-16H2,1H3,(H,23,26)/t19-/m0/s1. The molecule has 2 amide bonds. The van der Waals surface area contributed by atoms with Crippen molar-refractivity contribution >= 4 is 6.03 Å². The van der Waals surface area contributed by atoms with Gasteiger partial charge in [-0.2, -0.15) is 0 Å². The largest absolute Gasteiger partial charge is 0.334 e. The van der Waals surface area contributed by atoms with E-state index in [1.807, 2.05) is 41.3 Å². The SMILES string of the molecule is CC[C@H]1c2cccn2-c2ccccc2CN1C(=O)NCc1ccccc1. The Morgan fingerprint density at radius 1 is 1.04 bits per heavy atom. The van der Waals surface area contributed by atoms with E-state index in [1.54, 1.807) is 0 Å². The summed E-state index contributed by atoms with van der Waals surface area (Å²) in [5, 5.41) is 3.09. The van der Waals surface area contributed by atoms with Gasteiger partial charge in [-0.15, -0.1) is 0 Å². The smallest absolute Gasteiger partial charge is 0.318 e. The van der Waals surface area contributed by atoms with Crippen molar-refractivity contribution in [2.24, 2.45) is 0 Å². The fourth-order valence-corrected chi connectivity index (χ4v) is 3.74. The van der Waals surface area contributed by atoms with E-state index in [9.17, 15) is 4.79 Å². The number of urea groups is 1. The number of aromatic nitrogens is 1. The van der Waals surface area contributed by atoms with Crippen LogP contribution in [0.4, 0.5) is 4.79 Å². The van der Waals surface area contributed by atoms with Crippen LogP contribution < -0.4 is 5.32 Å². The highest BCUT2D eigenvalue weighted by atomic mass is 16.2. The molecule has 3 aromatic rings. The van der Waals surface area contributed by atoms with Gasteiger partial charge >= 0.3 is 6.03 Å². The summed E-state index contributed by atoms with van der Waals surface area (Å²) >= 11 is 0. The highest BCUT2D eigenvalue weighted by Crippen LogP contribution is 2.33. The van der Waals surface area contributed by atoms with Gasteiger partial charge in [0.05, 0.1) is 18.3 Å². The first-order valence-electron chi connectivity index (χ1n) is 9.12. The molecule has 0 radical (unpaired) electrons. The molecule has 1 aliphatic heterocycles. The Morgan fingerprint density at radius 2 is 1.81 bits per heavy atom. The van der Waals surface area contributed by atoms with Crippen LogP contribution in [0.1, 0.15) is 36.2 Å². The van der Waals surface area contributed by atoms with Gasteiger partial charge in [-0.1, -0.05) is 55.5 Å². The van der Waals surface area contributed by atoms with Gasteiger partial charge in [-0.3, -0.25) is 0 Å². The lowest BCUT2D eigenvalue weighted by Gasteiger charge is -2.29. The minimum Gasteiger partial charge on any atom is -0.334 e. The average Bonchev–Trinajstić information content (AvgIpc) is 3.11. The molecule has 1 N–H and O–H groups in total. The highest BCUT2D eigenvalue weighted by Gasteiger charge is 2.30. The first kappa shape index (κ1) is 16.5. The van der Waals surface area contributed by atoms with E-state index in [1.165, 1.54) is 0 Å². The van der Waals surface area contributed by atoms with Crippen molar-refractivity contribution in [1.82, 2.24) is 14.8 Å². The van der Waals surface area contributed by atoms with E-state index in [0.29, 0.717) is 13.1 Å². The minimum absolute atomic E-state index is 0.0230. The minimum atomic E-state index is -0.0230. The summed E-state index contributed by atoms with van der Waals surface area (Å²) in [6.45, 7) is 3.28. The molecule has 1 atom stereocenters. The molecule has 4 rings (SSSR count). The zero-order valence-electron chi connectivity index (χ0n) is 14.9. The first-order chi connectivity index (χ1) is 12.8. The van der Waals surface area contributed by atoms with Crippen molar-refractivity contribution in [3.05, 3.63) is 89.7 Å². The topological polar surface area (TPSA) is 37.3 Å². The fraction of sp³-hybridized carbons (Fsp3) is 0.227. The number of hydrogen-bond acceptors (Lipinski definition) is 1. The zero-order valence-corrected chi connectivity index (χ0v) is 14.9. The third-order valence-corrected chi connectivity index (χ3v) is 5.02. The van der Waals surface area contributed by atoms with Crippen LogP contribution in [0.5, 0.6) is 0 Å². The molecule has 0 aliphatic carbocycles. The first-order valence-corrected chi connectivity index (χ1v) is 9.12. The molecule has 2 heterocycles. The maximum atomic E-state index is 13.0.